The summed E-state index contributed by atoms with van der Waals surface area (Å²) in [5, 5.41) is 13.4. The van der Waals surface area contributed by atoms with Crippen LogP contribution in [0, 0.1) is 0 Å². The Morgan fingerprint density at radius 3 is 2.72 bits per heavy atom. The van der Waals surface area contributed by atoms with Gasteiger partial charge in [-0.05, 0) is 42.8 Å². The Morgan fingerprint density at radius 1 is 1.11 bits per heavy atom. The van der Waals surface area contributed by atoms with Crippen LogP contribution in [0.1, 0.15) is 18.4 Å². The minimum absolute atomic E-state index is 0.701. The average Bonchev–Trinajstić information content (AvgIpc) is 2.38. The summed E-state index contributed by atoms with van der Waals surface area (Å²) in [6.45, 7) is 1.80. The van der Waals surface area contributed by atoms with Crippen molar-refractivity contribution in [3.63, 3.8) is 0 Å². The lowest BCUT2D eigenvalue weighted by molar-refractivity contribution is -0.0265. The Bertz CT molecular complexity index is 561. The number of β-amino-alcohol motifs (C(OH)–C–C–N with tert-alkyl or cyclic N) is 1. The maximum atomic E-state index is 11.0. The number of rotatable bonds is 1. The SMILES string of the molecule is CN1CCCC(O)(c2cccc3ccccc23)C1. The van der Waals surface area contributed by atoms with Crippen LogP contribution in [0.25, 0.3) is 10.8 Å². The van der Waals surface area contributed by atoms with Crippen molar-refractivity contribution in [1.82, 2.24) is 4.90 Å². The number of hydrogen-bond acceptors (Lipinski definition) is 2. The molecule has 18 heavy (non-hydrogen) atoms. The molecule has 2 aromatic carbocycles. The van der Waals surface area contributed by atoms with Crippen LogP contribution in [-0.2, 0) is 5.60 Å². The lowest BCUT2D eigenvalue weighted by Crippen LogP contribution is -2.44. The molecule has 1 unspecified atom stereocenters. The third kappa shape index (κ3) is 1.92. The van der Waals surface area contributed by atoms with Crippen LogP contribution in [0.4, 0.5) is 0 Å². The molecule has 2 nitrogen and oxygen atoms in total. The number of hydrogen-bond donors (Lipinski definition) is 1. The number of fused-ring (bicyclic) bond motifs is 1. The molecule has 1 N–H and O–H groups in total. The van der Waals surface area contributed by atoms with Gasteiger partial charge in [0.25, 0.3) is 0 Å². The van der Waals surface area contributed by atoms with Crippen molar-refractivity contribution >= 4 is 10.8 Å². The second-order valence-corrected chi connectivity index (χ2v) is 5.40. The number of likely N-dealkylation sites (tertiary alicyclic amines) is 1. The summed E-state index contributed by atoms with van der Waals surface area (Å²) in [5.41, 5.74) is 0.376. The molecule has 1 fully saturated rings. The molecular weight excluding hydrogens is 222 g/mol. The normalized spacial score (nSPS) is 25.4. The smallest absolute Gasteiger partial charge is 0.103 e. The molecule has 1 aliphatic rings. The molecule has 1 heterocycles. The largest absolute Gasteiger partial charge is 0.384 e. The minimum atomic E-state index is -0.701. The van der Waals surface area contributed by atoms with Gasteiger partial charge in [0.1, 0.15) is 5.60 Å². The summed E-state index contributed by atoms with van der Waals surface area (Å²) in [4.78, 5) is 2.21. The first-order valence-corrected chi connectivity index (χ1v) is 6.58. The molecule has 2 aromatic rings. The Kier molecular flexibility index (Phi) is 2.84. The average molecular weight is 241 g/mol. The predicted molar refractivity (Wildman–Crippen MR) is 74.6 cm³/mol. The second-order valence-electron chi connectivity index (χ2n) is 5.40. The highest BCUT2D eigenvalue weighted by Gasteiger charge is 2.34. The number of aliphatic hydroxyl groups is 1. The van der Waals surface area contributed by atoms with E-state index in [1.807, 2.05) is 18.2 Å². The van der Waals surface area contributed by atoms with E-state index in [0.29, 0.717) is 0 Å². The number of benzene rings is 2. The topological polar surface area (TPSA) is 23.5 Å². The van der Waals surface area contributed by atoms with Crippen LogP contribution in [0.2, 0.25) is 0 Å². The number of likely N-dealkylation sites (N-methyl/N-ethyl adjacent to an activating group) is 1. The van der Waals surface area contributed by atoms with Gasteiger partial charge in [0.05, 0.1) is 0 Å². The van der Waals surface area contributed by atoms with Gasteiger partial charge in [-0.15, -0.1) is 0 Å². The van der Waals surface area contributed by atoms with Gasteiger partial charge in [-0.25, -0.2) is 0 Å². The lowest BCUT2D eigenvalue weighted by atomic mass is 9.83. The van der Waals surface area contributed by atoms with Crippen LogP contribution in [0.15, 0.2) is 42.5 Å². The monoisotopic (exact) mass is 241 g/mol. The van der Waals surface area contributed by atoms with Gasteiger partial charge in [0.2, 0.25) is 0 Å². The summed E-state index contributed by atoms with van der Waals surface area (Å²) < 4.78 is 0. The van der Waals surface area contributed by atoms with E-state index in [-0.39, 0.29) is 0 Å². The van der Waals surface area contributed by atoms with Gasteiger partial charge in [0, 0.05) is 6.54 Å². The second kappa shape index (κ2) is 4.38. The minimum Gasteiger partial charge on any atom is -0.384 e. The van der Waals surface area contributed by atoms with E-state index in [4.69, 9.17) is 0 Å². The molecule has 1 saturated heterocycles. The Labute approximate surface area is 108 Å². The quantitative estimate of drug-likeness (QED) is 0.830. The highest BCUT2D eigenvalue weighted by atomic mass is 16.3. The van der Waals surface area contributed by atoms with E-state index < -0.39 is 5.60 Å². The van der Waals surface area contributed by atoms with Crippen LogP contribution >= 0.6 is 0 Å². The summed E-state index contributed by atoms with van der Waals surface area (Å²) >= 11 is 0. The Hall–Kier alpha value is -1.38. The summed E-state index contributed by atoms with van der Waals surface area (Å²) in [6, 6.07) is 14.5. The van der Waals surface area contributed by atoms with Gasteiger partial charge < -0.3 is 10.0 Å². The van der Waals surface area contributed by atoms with Crippen molar-refractivity contribution in [1.29, 1.82) is 0 Å². The molecule has 0 bridgehead atoms. The molecular formula is C16H19NO. The molecule has 0 aliphatic carbocycles. The van der Waals surface area contributed by atoms with E-state index in [1.54, 1.807) is 0 Å². The van der Waals surface area contributed by atoms with Gasteiger partial charge >= 0.3 is 0 Å². The van der Waals surface area contributed by atoms with E-state index in [1.165, 1.54) is 10.8 Å². The Morgan fingerprint density at radius 2 is 1.89 bits per heavy atom. The molecule has 1 aliphatic heterocycles. The van der Waals surface area contributed by atoms with Crippen molar-refractivity contribution in [3.05, 3.63) is 48.0 Å². The fraction of sp³-hybridized carbons (Fsp3) is 0.375. The van der Waals surface area contributed by atoms with Crippen LogP contribution < -0.4 is 0 Å². The fourth-order valence-corrected chi connectivity index (χ4v) is 3.10. The van der Waals surface area contributed by atoms with Crippen molar-refractivity contribution in [2.24, 2.45) is 0 Å². The molecule has 0 radical (unpaired) electrons. The fourth-order valence-electron chi connectivity index (χ4n) is 3.10. The summed E-state index contributed by atoms with van der Waals surface area (Å²) in [5.74, 6) is 0. The number of nitrogens with zero attached hydrogens (tertiary/aromatic N) is 1. The van der Waals surface area contributed by atoms with Gasteiger partial charge in [0.15, 0.2) is 0 Å². The first kappa shape index (κ1) is 11.7. The van der Waals surface area contributed by atoms with Gasteiger partial charge in [-0.1, -0.05) is 42.5 Å². The van der Waals surface area contributed by atoms with Crippen molar-refractivity contribution in [2.45, 2.75) is 18.4 Å². The zero-order chi connectivity index (χ0) is 12.6. The summed E-state index contributed by atoms with van der Waals surface area (Å²) in [7, 11) is 2.08. The molecule has 0 saturated carbocycles. The first-order valence-electron chi connectivity index (χ1n) is 6.58. The highest BCUT2D eigenvalue weighted by Crippen LogP contribution is 2.35. The molecule has 0 aromatic heterocycles. The Balaban J connectivity index is 2.13. The molecule has 0 spiro atoms. The molecule has 94 valence electrons. The van der Waals surface area contributed by atoms with Crippen molar-refractivity contribution in [2.75, 3.05) is 20.1 Å². The van der Waals surface area contributed by atoms with E-state index in [2.05, 4.69) is 36.2 Å². The van der Waals surface area contributed by atoms with Crippen LogP contribution in [0.3, 0.4) is 0 Å². The van der Waals surface area contributed by atoms with E-state index in [0.717, 1.165) is 31.5 Å². The van der Waals surface area contributed by atoms with Crippen molar-refractivity contribution < 1.29 is 5.11 Å². The van der Waals surface area contributed by atoms with E-state index >= 15 is 0 Å². The maximum absolute atomic E-state index is 11.0. The maximum Gasteiger partial charge on any atom is 0.103 e. The van der Waals surface area contributed by atoms with E-state index in [9.17, 15) is 5.11 Å². The zero-order valence-electron chi connectivity index (χ0n) is 10.8. The molecule has 2 heteroatoms. The zero-order valence-corrected chi connectivity index (χ0v) is 10.8. The molecule has 0 amide bonds. The standard InChI is InChI=1S/C16H19NO/c1-17-11-5-10-16(18,12-17)15-9-4-7-13-6-2-3-8-14(13)15/h2-4,6-9,18H,5,10-12H2,1H3. The lowest BCUT2D eigenvalue weighted by Gasteiger charge is -2.38. The highest BCUT2D eigenvalue weighted by molar-refractivity contribution is 5.86. The summed E-state index contributed by atoms with van der Waals surface area (Å²) in [6.07, 6.45) is 1.90. The molecule has 3 rings (SSSR count). The molecule has 1 atom stereocenters. The third-order valence-electron chi connectivity index (χ3n) is 3.95. The van der Waals surface area contributed by atoms with Gasteiger partial charge in [-0.2, -0.15) is 0 Å². The number of piperidine rings is 1. The van der Waals surface area contributed by atoms with Gasteiger partial charge in [-0.3, -0.25) is 0 Å². The van der Waals surface area contributed by atoms with Crippen LogP contribution in [-0.4, -0.2) is 30.1 Å². The first-order chi connectivity index (χ1) is 8.69. The van der Waals surface area contributed by atoms with Crippen LogP contribution in [0.5, 0.6) is 0 Å². The third-order valence-corrected chi connectivity index (χ3v) is 3.95. The predicted octanol–water partition coefficient (Wildman–Crippen LogP) is 2.75. The van der Waals surface area contributed by atoms with Crippen molar-refractivity contribution in [3.8, 4) is 0 Å².